The fourth-order valence-electron chi connectivity index (χ4n) is 9.90. The summed E-state index contributed by atoms with van der Waals surface area (Å²) in [4.78, 5) is 5.40. The van der Waals surface area contributed by atoms with Crippen molar-refractivity contribution in [3.8, 4) is 27.9 Å². The summed E-state index contributed by atoms with van der Waals surface area (Å²) in [5.41, 5.74) is 16.8. The molecule has 8 aromatic carbocycles. The average molecular weight is 717 g/mol. The molecule has 12 rings (SSSR count). The number of amidine groups is 1. The fourth-order valence-corrected chi connectivity index (χ4v) is 9.90. The molecule has 0 radical (unpaired) electrons. The number of para-hydroxylation sites is 2. The van der Waals surface area contributed by atoms with Gasteiger partial charge < -0.3 is 9.88 Å². The van der Waals surface area contributed by atoms with Gasteiger partial charge in [0, 0.05) is 16.3 Å². The average Bonchev–Trinajstić information content (AvgIpc) is 3.77. The van der Waals surface area contributed by atoms with E-state index in [1.807, 2.05) is 0 Å². The van der Waals surface area contributed by atoms with Gasteiger partial charge in [-0.25, -0.2) is 4.99 Å². The Hall–Kier alpha value is -7.01. The van der Waals surface area contributed by atoms with Crippen LogP contribution in [0.1, 0.15) is 51.3 Å². The minimum absolute atomic E-state index is 0.159. The Morgan fingerprint density at radius 2 is 1.05 bits per heavy atom. The van der Waals surface area contributed by atoms with Crippen LogP contribution in [-0.2, 0) is 5.41 Å². The van der Waals surface area contributed by atoms with Crippen molar-refractivity contribution in [2.24, 2.45) is 4.99 Å². The summed E-state index contributed by atoms with van der Waals surface area (Å²) in [5.74, 6) is 0.874. The Bertz CT molecular complexity index is 2990. The summed E-state index contributed by atoms with van der Waals surface area (Å²) in [6.07, 6.45) is -0.461. The van der Waals surface area contributed by atoms with Gasteiger partial charge >= 0.3 is 0 Å². The van der Waals surface area contributed by atoms with Crippen LogP contribution in [-0.4, -0.2) is 10.4 Å². The Morgan fingerprint density at radius 3 is 1.80 bits per heavy atom. The molecular formula is C52H36N4. The number of benzene rings is 8. The molecule has 0 amide bonds. The molecular weight excluding hydrogens is 681 g/mol. The number of rotatable bonds is 4. The first-order chi connectivity index (χ1) is 27.8. The second-order valence-electron chi connectivity index (χ2n) is 15.2. The minimum Gasteiger partial charge on any atom is -0.350 e. The van der Waals surface area contributed by atoms with Crippen LogP contribution in [0.5, 0.6) is 0 Å². The highest BCUT2D eigenvalue weighted by Crippen LogP contribution is 2.61. The van der Waals surface area contributed by atoms with Crippen molar-refractivity contribution < 1.29 is 0 Å². The monoisotopic (exact) mass is 716 g/mol. The third kappa shape index (κ3) is 4.36. The number of aliphatic imine (C=N–C) groups is 1. The highest BCUT2D eigenvalue weighted by molar-refractivity contribution is 6.12. The van der Waals surface area contributed by atoms with Crippen molar-refractivity contribution in [3.05, 3.63) is 233 Å². The summed E-state index contributed by atoms with van der Waals surface area (Å²) >= 11 is 0. The summed E-state index contributed by atoms with van der Waals surface area (Å²) in [6.45, 7) is 0. The molecule has 1 spiro atoms. The zero-order chi connectivity index (χ0) is 36.8. The van der Waals surface area contributed by atoms with E-state index in [9.17, 15) is 0 Å². The lowest BCUT2D eigenvalue weighted by Gasteiger charge is -2.40. The maximum atomic E-state index is 5.40. The number of nitrogens with zero attached hydrogens (tertiary/aromatic N) is 2. The van der Waals surface area contributed by atoms with Crippen LogP contribution >= 0.6 is 0 Å². The second-order valence-corrected chi connectivity index (χ2v) is 15.2. The molecule has 0 fully saturated rings. The summed E-state index contributed by atoms with van der Waals surface area (Å²) in [6, 6.07) is 70.9. The molecule has 4 heteroatoms. The molecule has 3 heterocycles. The topological polar surface area (TPSA) is 41.4 Å². The van der Waals surface area contributed by atoms with E-state index in [1.165, 1.54) is 72.0 Å². The van der Waals surface area contributed by atoms with Crippen molar-refractivity contribution in [1.82, 2.24) is 15.2 Å². The number of nitrogens with one attached hydrogen (secondary N) is 2. The maximum Gasteiger partial charge on any atom is 0.131 e. The van der Waals surface area contributed by atoms with Gasteiger partial charge in [-0.05, 0) is 67.8 Å². The fraction of sp³-hybridized carbons (Fsp3) is 0.0577. The molecule has 2 unspecified atom stereocenters. The molecule has 2 atom stereocenters. The van der Waals surface area contributed by atoms with E-state index >= 15 is 0 Å². The van der Waals surface area contributed by atoms with Crippen LogP contribution in [0, 0.1) is 0 Å². The Labute approximate surface area is 325 Å². The Balaban J connectivity index is 1.08. The van der Waals surface area contributed by atoms with Crippen molar-refractivity contribution in [3.63, 3.8) is 0 Å². The van der Waals surface area contributed by atoms with Crippen LogP contribution in [0.2, 0.25) is 0 Å². The first-order valence-electron chi connectivity index (χ1n) is 19.5. The molecule has 0 saturated carbocycles. The van der Waals surface area contributed by atoms with Gasteiger partial charge in [0.25, 0.3) is 0 Å². The maximum absolute atomic E-state index is 5.40. The van der Waals surface area contributed by atoms with E-state index in [2.05, 4.69) is 209 Å². The van der Waals surface area contributed by atoms with Crippen molar-refractivity contribution in [1.29, 1.82) is 0 Å². The standard InChI is InChI=1S/C52H36N4/c1-3-14-33(15-4-1)34-26-28-36(29-27-34)50-53-49(35-16-5-2-6-17-35)54-51(55-50)37-30-31-44-47(32-37)56-46-25-12-9-20-40(46)41-21-13-24-45(48(41)56)52(44)42-22-10-7-18-38(42)39-19-8-11-23-43(39)52/h1-32,50-51,55H,(H,53,54). The van der Waals surface area contributed by atoms with E-state index in [4.69, 9.17) is 4.99 Å². The third-order valence-electron chi connectivity index (χ3n) is 12.3. The predicted molar refractivity (Wildman–Crippen MR) is 228 cm³/mol. The lowest BCUT2D eigenvalue weighted by atomic mass is 9.65. The van der Waals surface area contributed by atoms with Crippen LogP contribution in [0.15, 0.2) is 199 Å². The van der Waals surface area contributed by atoms with E-state index in [1.54, 1.807) is 0 Å². The first-order valence-corrected chi connectivity index (χ1v) is 19.5. The first kappa shape index (κ1) is 31.4. The quantitative estimate of drug-likeness (QED) is 0.190. The number of fused-ring (bicyclic) bond motifs is 12. The van der Waals surface area contributed by atoms with Crippen LogP contribution in [0.4, 0.5) is 0 Å². The highest BCUT2D eigenvalue weighted by atomic mass is 15.3. The predicted octanol–water partition coefficient (Wildman–Crippen LogP) is 11.5. The molecule has 1 aliphatic carbocycles. The molecule has 0 saturated heterocycles. The molecule has 9 aromatic rings. The second kappa shape index (κ2) is 12.0. The molecule has 0 bridgehead atoms. The van der Waals surface area contributed by atoms with E-state index in [-0.39, 0.29) is 12.3 Å². The van der Waals surface area contributed by atoms with Gasteiger partial charge in [0.1, 0.15) is 18.2 Å². The molecule has 56 heavy (non-hydrogen) atoms. The molecule has 1 aromatic heterocycles. The van der Waals surface area contributed by atoms with Gasteiger partial charge in [-0.3, -0.25) is 5.32 Å². The molecule has 264 valence electrons. The number of aromatic nitrogens is 1. The van der Waals surface area contributed by atoms with E-state index < -0.39 is 5.41 Å². The normalized spacial score (nSPS) is 17.2. The highest BCUT2D eigenvalue weighted by Gasteiger charge is 2.50. The van der Waals surface area contributed by atoms with Crippen LogP contribution < -0.4 is 10.6 Å². The minimum atomic E-state index is -0.478. The Morgan fingerprint density at radius 1 is 0.464 bits per heavy atom. The van der Waals surface area contributed by atoms with Crippen molar-refractivity contribution >= 4 is 27.6 Å². The lowest BCUT2D eigenvalue weighted by Crippen LogP contribution is -2.45. The molecule has 4 nitrogen and oxygen atoms in total. The summed E-state index contributed by atoms with van der Waals surface area (Å²) in [5, 5.41) is 10.2. The SMILES string of the molecule is c1ccc(C2=NC(c3ccc4c(c3)-n3c5ccccc5c5cccc(c53)C43c4ccccc4-c4ccccc43)NC(c3ccc(-c4ccccc4)cc3)N2)cc1. The van der Waals surface area contributed by atoms with Crippen LogP contribution in [0.3, 0.4) is 0 Å². The van der Waals surface area contributed by atoms with Gasteiger partial charge in [0.15, 0.2) is 0 Å². The summed E-state index contributed by atoms with van der Waals surface area (Å²) < 4.78 is 2.52. The van der Waals surface area contributed by atoms with Gasteiger partial charge in [0.05, 0.1) is 22.1 Å². The zero-order valence-corrected chi connectivity index (χ0v) is 30.5. The van der Waals surface area contributed by atoms with E-state index in [0.717, 1.165) is 22.5 Å². The zero-order valence-electron chi connectivity index (χ0n) is 30.5. The number of hydrogen-bond donors (Lipinski definition) is 2. The van der Waals surface area contributed by atoms with Crippen molar-refractivity contribution in [2.75, 3.05) is 0 Å². The smallest absolute Gasteiger partial charge is 0.131 e. The van der Waals surface area contributed by atoms with Crippen LogP contribution in [0.25, 0.3) is 49.7 Å². The van der Waals surface area contributed by atoms with Gasteiger partial charge in [-0.2, -0.15) is 0 Å². The van der Waals surface area contributed by atoms with Crippen molar-refractivity contribution in [2.45, 2.75) is 17.7 Å². The molecule has 2 aliphatic heterocycles. The van der Waals surface area contributed by atoms with Gasteiger partial charge in [-0.1, -0.05) is 182 Å². The molecule has 2 N–H and O–H groups in total. The largest absolute Gasteiger partial charge is 0.350 e. The third-order valence-corrected chi connectivity index (χ3v) is 12.3. The van der Waals surface area contributed by atoms with Gasteiger partial charge in [-0.15, -0.1) is 0 Å². The van der Waals surface area contributed by atoms with Gasteiger partial charge in [0.2, 0.25) is 0 Å². The molecule has 3 aliphatic rings. The summed E-state index contributed by atoms with van der Waals surface area (Å²) in [7, 11) is 0. The van der Waals surface area contributed by atoms with E-state index in [0.29, 0.717) is 0 Å². The number of hydrogen-bond acceptors (Lipinski definition) is 3. The lowest BCUT2D eigenvalue weighted by molar-refractivity contribution is 0.409. The Kier molecular flexibility index (Phi) is 6.72.